The molecule has 0 aromatic heterocycles. The van der Waals surface area contributed by atoms with E-state index < -0.39 is 0 Å². The van der Waals surface area contributed by atoms with Gasteiger partial charge in [-0.05, 0) is 81.9 Å². The molecule has 0 aliphatic carbocycles. The number of nitrogens with zero attached hydrogens (tertiary/aromatic N) is 2. The summed E-state index contributed by atoms with van der Waals surface area (Å²) in [6.07, 6.45) is 4.67. The summed E-state index contributed by atoms with van der Waals surface area (Å²) in [5, 5.41) is 0. The molecule has 0 radical (unpaired) electrons. The van der Waals surface area contributed by atoms with Crippen LogP contribution < -0.4 is 72.2 Å². The molecule has 2 heterocycles. The topological polar surface area (TPSA) is 145 Å². The molecule has 0 N–H and O–H groups in total. The van der Waals surface area contributed by atoms with Crippen LogP contribution in [0, 0.1) is 0 Å². The number of carbonyl (C=O) groups is 2. The summed E-state index contributed by atoms with van der Waals surface area (Å²) in [7, 11) is 20.9. The van der Waals surface area contributed by atoms with Crippen LogP contribution in [0.4, 0.5) is 0 Å². The fourth-order valence-electron chi connectivity index (χ4n) is 11.2. The van der Waals surface area contributed by atoms with Gasteiger partial charge in [-0.15, -0.1) is 0 Å². The number of likely N-dealkylation sites (N-methyl/N-ethyl adjacent to an activating group) is 2. The minimum Gasteiger partial charge on any atom is -1.00 e. The summed E-state index contributed by atoms with van der Waals surface area (Å²) in [6.45, 7) is 3.89. The molecule has 426 valence electrons. The summed E-state index contributed by atoms with van der Waals surface area (Å²) in [6, 6.07) is 24.0. The predicted molar refractivity (Wildman–Crippen MR) is 288 cm³/mol. The van der Waals surface area contributed by atoms with Crippen LogP contribution in [0.25, 0.3) is 0 Å². The zero-order chi connectivity index (χ0) is 54.6. The van der Waals surface area contributed by atoms with Crippen LogP contribution >= 0.6 is 0 Å². The molecule has 5 aromatic carbocycles. The van der Waals surface area contributed by atoms with Crippen molar-refractivity contribution in [3.8, 4) is 57.5 Å². The average molecular weight is 1120 g/mol. The van der Waals surface area contributed by atoms with Crippen molar-refractivity contribution in [1.82, 2.24) is 0 Å². The van der Waals surface area contributed by atoms with Gasteiger partial charge in [0.15, 0.2) is 46.0 Å². The number of hydrogen-bond donors (Lipinski definition) is 0. The van der Waals surface area contributed by atoms with Crippen molar-refractivity contribution in [2.24, 2.45) is 0 Å². The van der Waals surface area contributed by atoms with Crippen molar-refractivity contribution in [3.63, 3.8) is 0 Å². The maximum atomic E-state index is 13.2. The largest absolute Gasteiger partial charge is 1.00 e. The number of quaternary nitrogens is 2. The van der Waals surface area contributed by atoms with E-state index in [4.69, 9.17) is 56.8 Å². The molecule has 78 heavy (non-hydrogen) atoms. The number of hydrogen-bond acceptors (Lipinski definition) is 14. The van der Waals surface area contributed by atoms with E-state index in [1.807, 2.05) is 48.5 Å². The first-order chi connectivity index (χ1) is 36.7. The van der Waals surface area contributed by atoms with Crippen LogP contribution in [0.1, 0.15) is 69.4 Å². The van der Waals surface area contributed by atoms with Crippen molar-refractivity contribution in [3.05, 3.63) is 117 Å². The minimum absolute atomic E-state index is 0. The van der Waals surface area contributed by atoms with E-state index in [2.05, 4.69) is 38.4 Å². The van der Waals surface area contributed by atoms with E-state index in [1.54, 1.807) is 71.1 Å². The Labute approximate surface area is 473 Å². The number of rotatable bonds is 26. The van der Waals surface area contributed by atoms with Crippen LogP contribution in [0.5, 0.6) is 57.5 Å². The lowest BCUT2D eigenvalue weighted by Gasteiger charge is -2.46. The molecule has 2 aliphatic heterocycles. The summed E-state index contributed by atoms with van der Waals surface area (Å²) >= 11 is 0. The molecule has 0 fully saturated rings. The van der Waals surface area contributed by atoms with Crippen LogP contribution in [0.15, 0.2) is 72.8 Å². The van der Waals surface area contributed by atoms with Crippen molar-refractivity contribution in [1.29, 1.82) is 0 Å². The fraction of sp³-hybridized carbons (Fsp3) is 0.467. The number of halogens is 2. The minimum atomic E-state index is -0.303. The third kappa shape index (κ3) is 14.2. The number of fused-ring (bicyclic) bond motifs is 2. The van der Waals surface area contributed by atoms with Gasteiger partial charge in [0.1, 0.15) is 12.1 Å². The van der Waals surface area contributed by atoms with Crippen molar-refractivity contribution >= 4 is 11.9 Å². The lowest BCUT2D eigenvalue weighted by atomic mass is 9.86. The van der Waals surface area contributed by atoms with E-state index in [9.17, 15) is 9.59 Å². The smallest absolute Gasteiger partial charge is 0.310 e. The maximum absolute atomic E-state index is 13.2. The Bertz CT molecular complexity index is 2570. The highest BCUT2D eigenvalue weighted by Gasteiger charge is 2.42. The Balaban J connectivity index is 0.00000560. The van der Waals surface area contributed by atoms with Crippen molar-refractivity contribution in [2.45, 2.75) is 63.5 Å². The Morgan fingerprint density at radius 3 is 1.03 bits per heavy atom. The van der Waals surface area contributed by atoms with Crippen LogP contribution in [-0.2, 0) is 57.6 Å². The zero-order valence-corrected chi connectivity index (χ0v) is 48.9. The summed E-state index contributed by atoms with van der Waals surface area (Å²) < 4.78 is 70.1. The Kier molecular flexibility index (Phi) is 22.7. The number of ether oxygens (including phenoxy) is 12. The summed E-state index contributed by atoms with van der Waals surface area (Å²) in [4.78, 5) is 26.4. The monoisotopic (exact) mass is 1120 g/mol. The van der Waals surface area contributed by atoms with E-state index in [0.717, 1.165) is 70.2 Å². The molecule has 2 aliphatic rings. The molecule has 0 bridgehead atoms. The van der Waals surface area contributed by atoms with Crippen molar-refractivity contribution in [2.75, 3.05) is 125 Å². The molecule has 0 saturated carbocycles. The highest BCUT2D eigenvalue weighted by Crippen LogP contribution is 2.47. The van der Waals surface area contributed by atoms with Gasteiger partial charge in [-0.25, -0.2) is 0 Å². The lowest BCUT2D eigenvalue weighted by Crippen LogP contribution is -3.00. The van der Waals surface area contributed by atoms with Gasteiger partial charge >= 0.3 is 11.9 Å². The van der Waals surface area contributed by atoms with E-state index in [-0.39, 0.29) is 74.9 Å². The van der Waals surface area contributed by atoms with Gasteiger partial charge in [0.05, 0.1) is 137 Å². The Hall–Kier alpha value is -6.46. The van der Waals surface area contributed by atoms with Gasteiger partial charge in [0.2, 0.25) is 11.5 Å². The first kappa shape index (κ1) is 62.4. The third-order valence-corrected chi connectivity index (χ3v) is 15.5. The fourth-order valence-corrected chi connectivity index (χ4v) is 11.2. The first-order valence-corrected chi connectivity index (χ1v) is 25.9. The van der Waals surface area contributed by atoms with Gasteiger partial charge in [0.25, 0.3) is 0 Å². The standard InChI is InChI=1S/C60H78N2O14.2ClH/c1-61(23-19-43-35-49(65-3)51(67-5)37-45(43)47(61)27-41-29-53(69-7)59(73-11)54(30-41)70-8)21-13-25-75-57(63)33-39-15-17-40(18-16-39)34-58(64)76-26-14-22-62(2)24-20-44-36-50(66-4)52(68-6)38-46(44)48(62)28-42-31-55(71-9)60(74-12)56(32-42)72-10;;/h15-18,29-32,35-38,47-48H,13-14,19-28,33-34H2,1-12H3;2*1H/q+2;;/p-2/t47-,48-,61?,62?;;/m1../s1. The molecule has 0 spiro atoms. The first-order valence-electron chi connectivity index (χ1n) is 25.9. The van der Waals surface area contributed by atoms with E-state index >= 15 is 0 Å². The van der Waals surface area contributed by atoms with Crippen molar-refractivity contribution < 1.29 is 100 Å². The molecule has 2 unspecified atom stereocenters. The second-order valence-corrected chi connectivity index (χ2v) is 20.0. The molecule has 0 saturated heterocycles. The second kappa shape index (κ2) is 28.4. The normalized spacial score (nSPS) is 18.1. The number of benzene rings is 5. The number of methoxy groups -OCH3 is 10. The summed E-state index contributed by atoms with van der Waals surface area (Å²) in [5.74, 6) is 5.65. The van der Waals surface area contributed by atoms with E-state index in [1.165, 1.54) is 22.3 Å². The summed E-state index contributed by atoms with van der Waals surface area (Å²) in [5.41, 5.74) is 8.50. The molecular weight excluding hydrogens is 1040 g/mol. The molecule has 18 heteroatoms. The Morgan fingerprint density at radius 2 is 0.731 bits per heavy atom. The van der Waals surface area contributed by atoms with Gasteiger partial charge in [-0.3, -0.25) is 9.59 Å². The highest BCUT2D eigenvalue weighted by atomic mass is 35.5. The molecule has 5 aromatic rings. The SMILES string of the molecule is COc1cc2c(cc1OC)[C@@H](Cc1cc(OC)c(OC)c(OC)c1)[N+](C)(CCCOC(=O)Cc1ccc(CC(=O)OCCC[N+]3(C)CCc4cc(OC)c(OC)cc4[C@H]3Cc3cc(OC)c(OC)c(OC)c3)cc1)CC2.[Cl-].[Cl-]. The molecule has 7 rings (SSSR count). The van der Waals surface area contributed by atoms with E-state index in [0.29, 0.717) is 83.2 Å². The number of esters is 2. The number of carbonyl (C=O) groups excluding carboxylic acids is 2. The van der Waals surface area contributed by atoms with Crippen LogP contribution in [0.2, 0.25) is 0 Å². The van der Waals surface area contributed by atoms with Crippen LogP contribution in [-0.4, -0.2) is 145 Å². The molecule has 0 amide bonds. The molecular formula is C60H78Cl2N2O14. The quantitative estimate of drug-likeness (QED) is 0.0455. The zero-order valence-electron chi connectivity index (χ0n) is 47.3. The molecule has 4 atom stereocenters. The third-order valence-electron chi connectivity index (χ3n) is 15.5. The van der Waals surface area contributed by atoms with Crippen LogP contribution in [0.3, 0.4) is 0 Å². The average Bonchev–Trinajstić information content (AvgIpc) is 3.47. The highest BCUT2D eigenvalue weighted by molar-refractivity contribution is 5.74. The lowest BCUT2D eigenvalue weighted by molar-refractivity contribution is -0.941. The Morgan fingerprint density at radius 1 is 0.423 bits per heavy atom. The van der Waals surface area contributed by atoms with Gasteiger partial charge in [-0.1, -0.05) is 24.3 Å². The second-order valence-electron chi connectivity index (χ2n) is 20.0. The predicted octanol–water partition coefficient (Wildman–Crippen LogP) is 2.71. The molecule has 16 nitrogen and oxygen atoms in total. The van der Waals surface area contributed by atoms with Gasteiger partial charge in [0, 0.05) is 49.7 Å². The van der Waals surface area contributed by atoms with Gasteiger partial charge < -0.3 is 90.6 Å². The van der Waals surface area contributed by atoms with Gasteiger partial charge in [-0.2, -0.15) is 0 Å². The maximum Gasteiger partial charge on any atom is 0.310 e.